The highest BCUT2D eigenvalue weighted by Crippen LogP contribution is 2.26. The van der Waals surface area contributed by atoms with Crippen molar-refractivity contribution in [1.82, 2.24) is 19.9 Å². The molecule has 0 saturated carbocycles. The molecule has 136 valence electrons. The first-order chi connectivity index (χ1) is 12.6. The lowest BCUT2D eigenvalue weighted by Crippen LogP contribution is -2.25. The summed E-state index contributed by atoms with van der Waals surface area (Å²) in [7, 11) is 1.58. The summed E-state index contributed by atoms with van der Waals surface area (Å²) in [5, 5.41) is 6.65. The Morgan fingerprint density at radius 1 is 1.31 bits per heavy atom. The number of hydrogen-bond acceptors (Lipinski definition) is 4. The Morgan fingerprint density at radius 2 is 2.08 bits per heavy atom. The van der Waals surface area contributed by atoms with Crippen molar-refractivity contribution in [2.75, 3.05) is 20.3 Å². The molecule has 6 nitrogen and oxygen atoms in total. The predicted octanol–water partition coefficient (Wildman–Crippen LogP) is 3.10. The number of rotatable bonds is 7. The third-order valence-corrected chi connectivity index (χ3v) is 3.85. The Bertz CT molecular complexity index is 897. The summed E-state index contributed by atoms with van der Waals surface area (Å²) in [6.07, 6.45) is -0.846. The van der Waals surface area contributed by atoms with Gasteiger partial charge in [-0.1, -0.05) is 30.3 Å². The molecular weight excluding hydrogens is 342 g/mol. The zero-order valence-electron chi connectivity index (χ0n) is 14.2. The van der Waals surface area contributed by atoms with Crippen molar-refractivity contribution in [2.24, 2.45) is 0 Å². The number of hydrogen-bond donors (Lipinski definition) is 1. The quantitative estimate of drug-likeness (QED) is 0.658. The highest BCUT2D eigenvalue weighted by molar-refractivity contribution is 5.99. The Hall–Kier alpha value is -2.87. The minimum atomic E-state index is -2.75. The van der Waals surface area contributed by atoms with Crippen LogP contribution < -0.4 is 5.32 Å². The summed E-state index contributed by atoms with van der Waals surface area (Å²) in [4.78, 5) is 16.8. The molecule has 0 radical (unpaired) electrons. The lowest BCUT2D eigenvalue weighted by atomic mass is 10.1. The van der Waals surface area contributed by atoms with Crippen molar-refractivity contribution in [3.05, 3.63) is 53.9 Å². The van der Waals surface area contributed by atoms with E-state index in [1.165, 1.54) is 12.3 Å². The van der Waals surface area contributed by atoms with E-state index in [1.54, 1.807) is 31.4 Å². The molecule has 1 N–H and O–H groups in total. The van der Waals surface area contributed by atoms with Crippen LogP contribution >= 0.6 is 0 Å². The van der Waals surface area contributed by atoms with Crippen LogP contribution in [-0.2, 0) is 4.74 Å². The molecule has 3 aromatic rings. The molecule has 0 atom stereocenters. The van der Waals surface area contributed by atoms with E-state index in [0.717, 1.165) is 4.52 Å². The maximum absolute atomic E-state index is 13.5. The molecule has 8 heteroatoms. The second-order valence-electron chi connectivity index (χ2n) is 5.63. The van der Waals surface area contributed by atoms with Gasteiger partial charge < -0.3 is 10.1 Å². The van der Waals surface area contributed by atoms with Crippen molar-refractivity contribution in [3.8, 4) is 11.3 Å². The first kappa shape index (κ1) is 17.9. The SMILES string of the molecule is COCCCNC(=O)c1cnn2c(C(F)F)cc(-c3ccccc3)nc12. The zero-order valence-corrected chi connectivity index (χ0v) is 14.2. The first-order valence-corrected chi connectivity index (χ1v) is 8.11. The molecule has 0 unspecified atom stereocenters. The highest BCUT2D eigenvalue weighted by atomic mass is 19.3. The van der Waals surface area contributed by atoms with Gasteiger partial charge in [0.15, 0.2) is 5.65 Å². The van der Waals surface area contributed by atoms with Crippen molar-refractivity contribution in [3.63, 3.8) is 0 Å². The molecule has 2 heterocycles. The molecule has 1 amide bonds. The highest BCUT2D eigenvalue weighted by Gasteiger charge is 2.21. The fourth-order valence-corrected chi connectivity index (χ4v) is 2.57. The van der Waals surface area contributed by atoms with Crippen LogP contribution in [0.25, 0.3) is 16.9 Å². The number of carbonyl (C=O) groups is 1. The van der Waals surface area contributed by atoms with Gasteiger partial charge in [0.2, 0.25) is 0 Å². The van der Waals surface area contributed by atoms with Gasteiger partial charge in [-0.3, -0.25) is 4.79 Å². The minimum Gasteiger partial charge on any atom is -0.385 e. The number of halogens is 2. The average Bonchev–Trinajstić information content (AvgIpc) is 3.09. The van der Waals surface area contributed by atoms with E-state index in [0.29, 0.717) is 30.8 Å². The number of aromatic nitrogens is 3. The summed E-state index contributed by atoms with van der Waals surface area (Å²) < 4.78 is 32.9. The molecule has 26 heavy (non-hydrogen) atoms. The Morgan fingerprint density at radius 3 is 2.77 bits per heavy atom. The molecule has 0 bridgehead atoms. The molecule has 0 spiro atoms. The van der Waals surface area contributed by atoms with Gasteiger partial charge in [-0.15, -0.1) is 0 Å². The van der Waals surface area contributed by atoms with E-state index in [1.807, 2.05) is 6.07 Å². The normalized spacial score (nSPS) is 11.2. The smallest absolute Gasteiger partial charge is 0.280 e. The largest absolute Gasteiger partial charge is 0.385 e. The Kier molecular flexibility index (Phi) is 5.52. The summed E-state index contributed by atoms with van der Waals surface area (Å²) >= 11 is 0. The van der Waals surface area contributed by atoms with Gasteiger partial charge >= 0.3 is 0 Å². The van der Waals surface area contributed by atoms with Gasteiger partial charge in [0.05, 0.1) is 11.9 Å². The van der Waals surface area contributed by atoms with Gasteiger partial charge in [0.25, 0.3) is 12.3 Å². The van der Waals surface area contributed by atoms with Crippen molar-refractivity contribution in [1.29, 1.82) is 0 Å². The number of nitrogens with zero attached hydrogens (tertiary/aromatic N) is 3. The molecule has 0 fully saturated rings. The van der Waals surface area contributed by atoms with Crippen LogP contribution in [0.1, 0.15) is 28.9 Å². The van der Waals surface area contributed by atoms with Gasteiger partial charge in [-0.25, -0.2) is 18.3 Å². The number of carbonyl (C=O) groups excluding carboxylic acids is 1. The van der Waals surface area contributed by atoms with Crippen molar-refractivity contribution < 1.29 is 18.3 Å². The van der Waals surface area contributed by atoms with Crippen molar-refractivity contribution in [2.45, 2.75) is 12.8 Å². The predicted molar refractivity (Wildman–Crippen MR) is 92.2 cm³/mol. The van der Waals surface area contributed by atoms with Gasteiger partial charge in [0.1, 0.15) is 11.3 Å². The number of alkyl halides is 2. The number of ether oxygens (including phenoxy) is 1. The summed E-state index contributed by atoms with van der Waals surface area (Å²) in [6, 6.07) is 10.3. The van der Waals surface area contributed by atoms with Crippen LogP contribution in [0.15, 0.2) is 42.6 Å². The topological polar surface area (TPSA) is 68.5 Å². The Balaban J connectivity index is 2.01. The van der Waals surface area contributed by atoms with Crippen molar-refractivity contribution >= 4 is 11.6 Å². The summed E-state index contributed by atoms with van der Waals surface area (Å²) in [5.74, 6) is -0.408. The van der Waals surface area contributed by atoms with E-state index < -0.39 is 12.3 Å². The molecule has 2 aromatic heterocycles. The fourth-order valence-electron chi connectivity index (χ4n) is 2.57. The van der Waals surface area contributed by atoms with Gasteiger partial charge in [-0.2, -0.15) is 5.10 Å². The fraction of sp³-hybridized carbons (Fsp3) is 0.278. The number of amides is 1. The van der Waals surface area contributed by atoms with Gasteiger partial charge in [-0.05, 0) is 12.5 Å². The van der Waals surface area contributed by atoms with Crippen LogP contribution in [0.3, 0.4) is 0 Å². The second kappa shape index (κ2) is 8.01. The van der Waals surface area contributed by atoms with Crippen LogP contribution in [0.4, 0.5) is 8.78 Å². The van der Waals surface area contributed by atoms with E-state index in [-0.39, 0.29) is 16.9 Å². The maximum atomic E-state index is 13.5. The molecule has 1 aromatic carbocycles. The lowest BCUT2D eigenvalue weighted by molar-refractivity contribution is 0.0950. The number of fused-ring (bicyclic) bond motifs is 1. The average molecular weight is 360 g/mol. The molecule has 0 aliphatic rings. The number of nitrogens with one attached hydrogen (secondary N) is 1. The summed E-state index contributed by atoms with van der Waals surface area (Å²) in [6.45, 7) is 0.922. The number of methoxy groups -OCH3 is 1. The van der Waals surface area contributed by atoms with Crippen LogP contribution in [0.2, 0.25) is 0 Å². The Labute approximate surface area is 148 Å². The van der Waals surface area contributed by atoms with E-state index >= 15 is 0 Å². The van der Waals surface area contributed by atoms with E-state index in [4.69, 9.17) is 4.74 Å². The van der Waals surface area contributed by atoms with Gasteiger partial charge in [0, 0.05) is 25.8 Å². The molecule has 0 aliphatic heterocycles. The third-order valence-electron chi connectivity index (χ3n) is 3.85. The number of benzene rings is 1. The third kappa shape index (κ3) is 3.70. The van der Waals surface area contributed by atoms with Crippen LogP contribution in [0.5, 0.6) is 0 Å². The monoisotopic (exact) mass is 360 g/mol. The standard InChI is InChI=1S/C18H18F2N4O2/c1-26-9-5-8-21-18(25)13-11-22-24-15(16(19)20)10-14(23-17(13)24)12-6-3-2-4-7-12/h2-4,6-7,10-11,16H,5,8-9H2,1H3,(H,21,25). The second-order valence-corrected chi connectivity index (χ2v) is 5.63. The lowest BCUT2D eigenvalue weighted by Gasteiger charge is -2.09. The molecule has 0 aliphatic carbocycles. The van der Waals surface area contributed by atoms with E-state index in [9.17, 15) is 13.6 Å². The van der Waals surface area contributed by atoms with E-state index in [2.05, 4.69) is 15.4 Å². The maximum Gasteiger partial charge on any atom is 0.280 e. The molecule has 0 saturated heterocycles. The molecule has 3 rings (SSSR count). The zero-order chi connectivity index (χ0) is 18.5. The van der Waals surface area contributed by atoms with Crippen LogP contribution in [0, 0.1) is 0 Å². The molecular formula is C18H18F2N4O2. The first-order valence-electron chi connectivity index (χ1n) is 8.11. The minimum absolute atomic E-state index is 0.103. The van der Waals surface area contributed by atoms with Crippen LogP contribution in [-0.4, -0.2) is 40.8 Å². The summed E-state index contributed by atoms with van der Waals surface area (Å²) in [5.41, 5.74) is 0.993.